The Labute approximate surface area is 151 Å². The first kappa shape index (κ1) is 17.3. The van der Waals surface area contributed by atoms with Crippen LogP contribution in [0, 0.1) is 24.0 Å². The molecule has 0 aliphatic rings. The molecule has 7 heteroatoms. The van der Waals surface area contributed by atoms with Gasteiger partial charge in [0, 0.05) is 12.2 Å². The Hall–Kier alpha value is -3.48. The molecule has 132 valence electrons. The van der Waals surface area contributed by atoms with Gasteiger partial charge in [-0.15, -0.1) is 0 Å². The molecule has 0 fully saturated rings. The van der Waals surface area contributed by atoms with Crippen molar-refractivity contribution in [1.82, 2.24) is 9.97 Å². The second-order valence-electron chi connectivity index (χ2n) is 6.02. The lowest BCUT2D eigenvalue weighted by atomic mass is 10.1. The highest BCUT2D eigenvalue weighted by Gasteiger charge is 2.23. The number of aryl methyl sites for hydroxylation is 2. The Morgan fingerprint density at radius 2 is 1.65 bits per heavy atom. The number of anilines is 3. The maximum atomic E-state index is 11.6. The molecule has 0 saturated heterocycles. The molecule has 0 unspecified atom stereocenters. The molecule has 3 aromatic rings. The third kappa shape index (κ3) is 4.13. The summed E-state index contributed by atoms with van der Waals surface area (Å²) in [6.45, 7) is 4.38. The Balaban J connectivity index is 1.89. The van der Waals surface area contributed by atoms with E-state index in [1.807, 2.05) is 62.4 Å². The number of nitrogens with zero attached hydrogens (tertiary/aromatic N) is 3. The highest BCUT2D eigenvalue weighted by Crippen LogP contribution is 2.31. The van der Waals surface area contributed by atoms with Crippen LogP contribution in [0.15, 0.2) is 54.9 Å². The van der Waals surface area contributed by atoms with Gasteiger partial charge in [-0.1, -0.05) is 36.4 Å². The van der Waals surface area contributed by atoms with E-state index in [0.29, 0.717) is 6.54 Å². The van der Waals surface area contributed by atoms with Crippen LogP contribution in [0.1, 0.15) is 16.7 Å². The van der Waals surface area contributed by atoms with Crippen LogP contribution in [0.4, 0.5) is 23.0 Å². The zero-order valence-electron chi connectivity index (χ0n) is 14.6. The molecule has 0 spiro atoms. The average Bonchev–Trinajstić information content (AvgIpc) is 2.60. The van der Waals surface area contributed by atoms with Crippen molar-refractivity contribution in [3.8, 4) is 0 Å². The minimum Gasteiger partial charge on any atom is -0.360 e. The van der Waals surface area contributed by atoms with Crippen molar-refractivity contribution in [2.75, 3.05) is 10.6 Å². The summed E-state index contributed by atoms with van der Waals surface area (Å²) in [6.07, 6.45) is 1.31. The normalized spacial score (nSPS) is 10.4. The van der Waals surface area contributed by atoms with Gasteiger partial charge in [0.1, 0.15) is 6.33 Å². The molecule has 0 aliphatic carbocycles. The number of hydrogen-bond donors (Lipinski definition) is 2. The van der Waals surface area contributed by atoms with Gasteiger partial charge in [-0.05, 0) is 42.7 Å². The summed E-state index contributed by atoms with van der Waals surface area (Å²) < 4.78 is 0. The van der Waals surface area contributed by atoms with Crippen molar-refractivity contribution in [3.63, 3.8) is 0 Å². The second kappa shape index (κ2) is 7.60. The molecule has 0 atom stereocenters. The van der Waals surface area contributed by atoms with Crippen LogP contribution < -0.4 is 10.6 Å². The Bertz CT molecular complexity index is 908. The molecular weight excluding hydrogens is 330 g/mol. The van der Waals surface area contributed by atoms with E-state index in [1.54, 1.807) is 0 Å². The standard InChI is InChI=1S/C19H19N5O2/c1-13-8-14(2)10-16(9-13)23-19-17(24(25)26)18(21-12-22-19)20-11-15-6-4-3-5-7-15/h3-10,12H,11H2,1-2H3,(H2,20,21,22,23). The van der Waals surface area contributed by atoms with Gasteiger partial charge < -0.3 is 10.6 Å². The molecule has 2 aromatic carbocycles. The van der Waals surface area contributed by atoms with Crippen molar-refractivity contribution in [2.45, 2.75) is 20.4 Å². The molecule has 0 saturated carbocycles. The van der Waals surface area contributed by atoms with Gasteiger partial charge in [0.25, 0.3) is 0 Å². The number of benzene rings is 2. The van der Waals surface area contributed by atoms with Crippen LogP contribution in [0.5, 0.6) is 0 Å². The maximum absolute atomic E-state index is 11.6. The van der Waals surface area contributed by atoms with E-state index in [0.717, 1.165) is 22.4 Å². The first-order chi connectivity index (χ1) is 12.5. The summed E-state index contributed by atoms with van der Waals surface area (Å²) in [7, 11) is 0. The summed E-state index contributed by atoms with van der Waals surface area (Å²) in [4.78, 5) is 19.3. The van der Waals surface area contributed by atoms with Crippen molar-refractivity contribution >= 4 is 23.0 Å². The van der Waals surface area contributed by atoms with E-state index in [-0.39, 0.29) is 17.3 Å². The van der Waals surface area contributed by atoms with Gasteiger partial charge in [0.05, 0.1) is 4.92 Å². The fourth-order valence-corrected chi connectivity index (χ4v) is 2.74. The average molecular weight is 349 g/mol. The minimum atomic E-state index is -0.474. The molecule has 26 heavy (non-hydrogen) atoms. The lowest BCUT2D eigenvalue weighted by molar-refractivity contribution is -0.383. The van der Waals surface area contributed by atoms with Crippen molar-refractivity contribution in [2.24, 2.45) is 0 Å². The lowest BCUT2D eigenvalue weighted by Gasteiger charge is -2.11. The summed E-state index contributed by atoms with van der Waals surface area (Å²) >= 11 is 0. The van der Waals surface area contributed by atoms with E-state index in [4.69, 9.17) is 0 Å². The van der Waals surface area contributed by atoms with E-state index in [9.17, 15) is 10.1 Å². The quantitative estimate of drug-likeness (QED) is 0.507. The smallest absolute Gasteiger partial charge is 0.353 e. The largest absolute Gasteiger partial charge is 0.360 e. The van der Waals surface area contributed by atoms with Gasteiger partial charge >= 0.3 is 5.69 Å². The van der Waals surface area contributed by atoms with Crippen LogP contribution >= 0.6 is 0 Å². The topological polar surface area (TPSA) is 93.0 Å². The lowest BCUT2D eigenvalue weighted by Crippen LogP contribution is -2.08. The van der Waals surface area contributed by atoms with Gasteiger partial charge in [0.15, 0.2) is 0 Å². The Morgan fingerprint density at radius 3 is 2.31 bits per heavy atom. The summed E-state index contributed by atoms with van der Waals surface area (Å²) in [5.74, 6) is 0.339. The molecule has 0 radical (unpaired) electrons. The minimum absolute atomic E-state index is 0.158. The zero-order valence-corrected chi connectivity index (χ0v) is 14.6. The van der Waals surface area contributed by atoms with Gasteiger partial charge in [-0.25, -0.2) is 9.97 Å². The number of nitrogens with one attached hydrogen (secondary N) is 2. The van der Waals surface area contributed by atoms with Gasteiger partial charge in [0.2, 0.25) is 11.6 Å². The third-order valence-corrected chi connectivity index (χ3v) is 3.79. The fraction of sp³-hybridized carbons (Fsp3) is 0.158. The maximum Gasteiger partial charge on any atom is 0.353 e. The Morgan fingerprint density at radius 1 is 1.00 bits per heavy atom. The number of rotatable bonds is 6. The van der Waals surface area contributed by atoms with Crippen molar-refractivity contribution < 1.29 is 4.92 Å². The van der Waals surface area contributed by atoms with Crippen molar-refractivity contribution in [3.05, 3.63) is 81.7 Å². The highest BCUT2D eigenvalue weighted by atomic mass is 16.6. The molecule has 2 N–H and O–H groups in total. The number of aromatic nitrogens is 2. The van der Waals surface area contributed by atoms with E-state index in [2.05, 4.69) is 20.6 Å². The molecule has 0 amide bonds. The van der Waals surface area contributed by atoms with Crippen LogP contribution in [0.3, 0.4) is 0 Å². The molecule has 1 aromatic heterocycles. The summed E-state index contributed by atoms with van der Waals surface area (Å²) in [5, 5.41) is 17.7. The Kier molecular flexibility index (Phi) is 5.07. The molecule has 1 heterocycles. The molecule has 3 rings (SSSR count). The number of nitro groups is 1. The fourth-order valence-electron chi connectivity index (χ4n) is 2.74. The van der Waals surface area contributed by atoms with Crippen LogP contribution in [-0.4, -0.2) is 14.9 Å². The van der Waals surface area contributed by atoms with Crippen LogP contribution in [-0.2, 0) is 6.54 Å². The monoisotopic (exact) mass is 349 g/mol. The summed E-state index contributed by atoms with van der Waals surface area (Å²) in [6, 6.07) is 15.5. The zero-order chi connectivity index (χ0) is 18.5. The van der Waals surface area contributed by atoms with Gasteiger partial charge in [-0.2, -0.15) is 0 Å². The SMILES string of the molecule is Cc1cc(C)cc(Nc2ncnc(NCc3ccccc3)c2[N+](=O)[O-])c1. The number of hydrogen-bond acceptors (Lipinski definition) is 6. The molecule has 7 nitrogen and oxygen atoms in total. The summed E-state index contributed by atoms with van der Waals surface area (Å²) in [5.41, 5.74) is 3.70. The van der Waals surface area contributed by atoms with Crippen LogP contribution in [0.25, 0.3) is 0 Å². The second-order valence-corrected chi connectivity index (χ2v) is 6.02. The van der Waals surface area contributed by atoms with Crippen molar-refractivity contribution in [1.29, 1.82) is 0 Å². The molecule has 0 bridgehead atoms. The molecular formula is C19H19N5O2. The molecule has 0 aliphatic heterocycles. The predicted octanol–water partition coefficient (Wildman–Crippen LogP) is 4.36. The first-order valence-corrected chi connectivity index (χ1v) is 8.15. The van der Waals surface area contributed by atoms with E-state index >= 15 is 0 Å². The van der Waals surface area contributed by atoms with E-state index in [1.165, 1.54) is 6.33 Å². The third-order valence-electron chi connectivity index (χ3n) is 3.79. The van der Waals surface area contributed by atoms with E-state index < -0.39 is 4.92 Å². The highest BCUT2D eigenvalue weighted by molar-refractivity contribution is 5.74. The van der Waals surface area contributed by atoms with Crippen LogP contribution in [0.2, 0.25) is 0 Å². The predicted molar refractivity (Wildman–Crippen MR) is 102 cm³/mol. The van der Waals surface area contributed by atoms with Gasteiger partial charge in [-0.3, -0.25) is 10.1 Å². The first-order valence-electron chi connectivity index (χ1n) is 8.15.